The van der Waals surface area contributed by atoms with Gasteiger partial charge in [0.15, 0.2) is 6.29 Å². The highest BCUT2D eigenvalue weighted by molar-refractivity contribution is 5.79. The molecule has 0 spiro atoms. The van der Waals surface area contributed by atoms with Crippen LogP contribution in [-0.4, -0.2) is 67.4 Å². The summed E-state index contributed by atoms with van der Waals surface area (Å²) < 4.78 is 10.3. The fourth-order valence-corrected chi connectivity index (χ4v) is 2.19. The van der Waals surface area contributed by atoms with Crippen molar-refractivity contribution in [3.63, 3.8) is 0 Å². The summed E-state index contributed by atoms with van der Waals surface area (Å²) in [6.45, 7) is 5.19. The van der Waals surface area contributed by atoms with Crippen LogP contribution in [-0.2, 0) is 14.3 Å². The van der Waals surface area contributed by atoms with Crippen LogP contribution >= 0.6 is 0 Å². The Labute approximate surface area is 113 Å². The van der Waals surface area contributed by atoms with Crippen molar-refractivity contribution in [2.75, 3.05) is 33.9 Å². The number of ether oxygens (including phenoxy) is 2. The molecule has 0 aromatic rings. The number of carbonyl (C=O) groups is 2. The van der Waals surface area contributed by atoms with Gasteiger partial charge in [0.1, 0.15) is 0 Å². The molecular weight excluding hydrogens is 250 g/mol. The van der Waals surface area contributed by atoms with E-state index in [1.165, 1.54) is 14.2 Å². The topological polar surface area (TPSA) is 85.1 Å². The van der Waals surface area contributed by atoms with Crippen molar-refractivity contribution in [3.05, 3.63) is 0 Å². The highest BCUT2D eigenvalue weighted by atomic mass is 16.7. The highest BCUT2D eigenvalue weighted by Gasteiger charge is 2.43. The Hall–Kier alpha value is -1.34. The Morgan fingerprint density at radius 1 is 1.42 bits per heavy atom. The lowest BCUT2D eigenvalue weighted by atomic mass is 10.1. The van der Waals surface area contributed by atoms with E-state index in [1.54, 1.807) is 9.80 Å². The van der Waals surface area contributed by atoms with Crippen LogP contribution in [0.2, 0.25) is 0 Å². The number of carbonyl (C=O) groups excluding carboxylic acids is 2. The molecule has 1 aliphatic heterocycles. The first-order chi connectivity index (χ1) is 8.81. The van der Waals surface area contributed by atoms with Gasteiger partial charge >= 0.3 is 6.03 Å². The van der Waals surface area contributed by atoms with Crippen molar-refractivity contribution in [1.82, 2.24) is 9.80 Å². The lowest BCUT2D eigenvalue weighted by Crippen LogP contribution is -2.46. The molecule has 0 bridgehead atoms. The molecular formula is C12H23N3O4. The lowest BCUT2D eigenvalue weighted by molar-refractivity contribution is -0.118. The molecule has 0 aliphatic carbocycles. The van der Waals surface area contributed by atoms with Gasteiger partial charge in [0.25, 0.3) is 0 Å². The first-order valence-electron chi connectivity index (χ1n) is 6.22. The molecule has 1 rings (SSSR count). The number of urea groups is 1. The molecule has 1 aliphatic rings. The molecule has 7 heteroatoms. The molecule has 3 amide bonds. The Balaban J connectivity index is 2.70. The summed E-state index contributed by atoms with van der Waals surface area (Å²) in [6.07, 6.45) is -0.285. The highest BCUT2D eigenvalue weighted by Crippen LogP contribution is 2.26. The van der Waals surface area contributed by atoms with Gasteiger partial charge in [-0.1, -0.05) is 0 Å². The second-order valence-electron chi connectivity index (χ2n) is 5.24. The standard InChI is InChI=1S/C12H23N3O4/c1-12(2)8-14(6-5-9(13)16)11(17)15(12)7-10(18-3)19-4/h10H,5-8H2,1-4H3,(H2,13,16). The predicted octanol–water partition coefficient (Wildman–Crippen LogP) is -0.00310. The summed E-state index contributed by atoms with van der Waals surface area (Å²) in [7, 11) is 3.07. The molecule has 1 heterocycles. The lowest BCUT2D eigenvalue weighted by Gasteiger charge is -2.31. The number of hydrogen-bond acceptors (Lipinski definition) is 4. The average molecular weight is 273 g/mol. The quantitative estimate of drug-likeness (QED) is 0.661. The predicted molar refractivity (Wildman–Crippen MR) is 69.4 cm³/mol. The van der Waals surface area contributed by atoms with E-state index in [2.05, 4.69) is 0 Å². The van der Waals surface area contributed by atoms with E-state index in [0.29, 0.717) is 19.6 Å². The van der Waals surface area contributed by atoms with Crippen molar-refractivity contribution in [3.8, 4) is 0 Å². The molecule has 1 saturated heterocycles. The number of hydrogen-bond donors (Lipinski definition) is 1. The van der Waals surface area contributed by atoms with E-state index >= 15 is 0 Å². The summed E-state index contributed by atoms with van der Waals surface area (Å²) in [4.78, 5) is 26.4. The van der Waals surface area contributed by atoms with Crippen LogP contribution in [0.5, 0.6) is 0 Å². The SMILES string of the molecule is COC(CN1C(=O)N(CCC(N)=O)CC1(C)C)OC. The van der Waals surface area contributed by atoms with E-state index in [1.807, 2.05) is 13.8 Å². The van der Waals surface area contributed by atoms with Crippen LogP contribution in [0.4, 0.5) is 4.79 Å². The van der Waals surface area contributed by atoms with Crippen molar-refractivity contribution in [2.24, 2.45) is 5.73 Å². The number of methoxy groups -OCH3 is 2. The van der Waals surface area contributed by atoms with Crippen molar-refractivity contribution < 1.29 is 19.1 Å². The Morgan fingerprint density at radius 2 is 2.00 bits per heavy atom. The van der Waals surface area contributed by atoms with Gasteiger partial charge in [0.05, 0.1) is 12.1 Å². The number of nitrogens with zero attached hydrogens (tertiary/aromatic N) is 2. The third-order valence-electron chi connectivity index (χ3n) is 3.30. The van der Waals surface area contributed by atoms with E-state index in [-0.39, 0.29) is 18.0 Å². The van der Waals surface area contributed by atoms with E-state index in [0.717, 1.165) is 0 Å². The molecule has 0 aromatic heterocycles. The molecule has 0 unspecified atom stereocenters. The van der Waals surface area contributed by atoms with Crippen LogP contribution in [0.25, 0.3) is 0 Å². The second-order valence-corrected chi connectivity index (χ2v) is 5.24. The molecule has 2 N–H and O–H groups in total. The summed E-state index contributed by atoms with van der Waals surface area (Å²) in [5.74, 6) is -0.407. The Kier molecular flexibility index (Phi) is 5.13. The van der Waals surface area contributed by atoms with Crippen molar-refractivity contribution in [1.29, 1.82) is 0 Å². The average Bonchev–Trinajstić information content (AvgIpc) is 2.55. The molecule has 110 valence electrons. The fraction of sp³-hybridized carbons (Fsp3) is 0.833. The van der Waals surface area contributed by atoms with Gasteiger partial charge in [-0.05, 0) is 13.8 Å². The Bertz CT molecular complexity index is 342. The Morgan fingerprint density at radius 3 is 2.47 bits per heavy atom. The maximum atomic E-state index is 12.3. The van der Waals surface area contributed by atoms with Gasteiger partial charge in [0.2, 0.25) is 5.91 Å². The molecule has 0 atom stereocenters. The number of amides is 3. The van der Waals surface area contributed by atoms with Gasteiger partial charge in [0, 0.05) is 33.7 Å². The summed E-state index contributed by atoms with van der Waals surface area (Å²) >= 11 is 0. The fourth-order valence-electron chi connectivity index (χ4n) is 2.19. The van der Waals surface area contributed by atoms with Crippen molar-refractivity contribution >= 4 is 11.9 Å². The van der Waals surface area contributed by atoms with E-state index < -0.39 is 12.2 Å². The van der Waals surface area contributed by atoms with E-state index in [4.69, 9.17) is 15.2 Å². The zero-order valence-corrected chi connectivity index (χ0v) is 12.0. The minimum atomic E-state index is -0.459. The number of nitrogens with two attached hydrogens (primary N) is 1. The monoisotopic (exact) mass is 273 g/mol. The second kappa shape index (κ2) is 6.21. The first-order valence-corrected chi connectivity index (χ1v) is 6.22. The van der Waals surface area contributed by atoms with Crippen LogP contribution < -0.4 is 5.73 Å². The first kappa shape index (κ1) is 15.7. The largest absolute Gasteiger partial charge is 0.370 e. The summed E-state index contributed by atoms with van der Waals surface area (Å²) in [5.41, 5.74) is 4.78. The molecule has 0 saturated carbocycles. The van der Waals surface area contributed by atoms with Gasteiger partial charge in [-0.3, -0.25) is 4.79 Å². The van der Waals surface area contributed by atoms with Gasteiger partial charge in [-0.25, -0.2) is 4.79 Å². The van der Waals surface area contributed by atoms with Gasteiger partial charge in [-0.2, -0.15) is 0 Å². The summed E-state index contributed by atoms with van der Waals surface area (Å²) in [5, 5.41) is 0. The third kappa shape index (κ3) is 3.81. The number of rotatable bonds is 7. The van der Waals surface area contributed by atoms with Crippen LogP contribution in [0.1, 0.15) is 20.3 Å². The maximum Gasteiger partial charge on any atom is 0.320 e. The molecule has 19 heavy (non-hydrogen) atoms. The summed E-state index contributed by atoms with van der Waals surface area (Å²) in [6, 6.07) is -0.120. The van der Waals surface area contributed by atoms with Crippen LogP contribution in [0.15, 0.2) is 0 Å². The minimum absolute atomic E-state index is 0.120. The maximum absolute atomic E-state index is 12.3. The van der Waals surface area contributed by atoms with Gasteiger partial charge in [-0.15, -0.1) is 0 Å². The normalized spacial score (nSPS) is 18.5. The van der Waals surface area contributed by atoms with Crippen LogP contribution in [0.3, 0.4) is 0 Å². The smallest absolute Gasteiger partial charge is 0.320 e. The molecule has 0 radical (unpaired) electrons. The van der Waals surface area contributed by atoms with Crippen LogP contribution in [0, 0.1) is 0 Å². The molecule has 1 fully saturated rings. The van der Waals surface area contributed by atoms with E-state index in [9.17, 15) is 9.59 Å². The molecule has 7 nitrogen and oxygen atoms in total. The zero-order valence-electron chi connectivity index (χ0n) is 12.0. The minimum Gasteiger partial charge on any atom is -0.370 e. The molecule has 0 aromatic carbocycles. The zero-order chi connectivity index (χ0) is 14.6. The third-order valence-corrected chi connectivity index (χ3v) is 3.30. The van der Waals surface area contributed by atoms with Gasteiger partial charge < -0.3 is 25.0 Å². The van der Waals surface area contributed by atoms with Crippen molar-refractivity contribution in [2.45, 2.75) is 32.1 Å². The number of primary amides is 1.